The van der Waals surface area contributed by atoms with Gasteiger partial charge in [-0.1, -0.05) is 25.0 Å². The van der Waals surface area contributed by atoms with E-state index in [0.717, 1.165) is 25.9 Å². The zero-order valence-corrected chi connectivity index (χ0v) is 12.2. The van der Waals surface area contributed by atoms with Crippen molar-refractivity contribution >= 4 is 11.8 Å². The smallest absolute Gasteiger partial charge is 0.272 e. The molecule has 5 heteroatoms. The molecule has 5 nitrogen and oxygen atoms in total. The number of pyridine rings is 1. The normalized spacial score (nSPS) is 15.1. The molecule has 21 heavy (non-hydrogen) atoms. The quantitative estimate of drug-likeness (QED) is 0.862. The first-order valence-corrected chi connectivity index (χ1v) is 7.38. The molecule has 1 aromatic rings. The van der Waals surface area contributed by atoms with Gasteiger partial charge in [-0.15, -0.1) is 6.58 Å². The van der Waals surface area contributed by atoms with E-state index in [-0.39, 0.29) is 17.5 Å². The Balaban J connectivity index is 2.10. The summed E-state index contributed by atoms with van der Waals surface area (Å²) in [6.45, 7) is 5.47. The lowest BCUT2D eigenvalue weighted by Gasteiger charge is -2.19. The maximum atomic E-state index is 12.5. The first-order chi connectivity index (χ1) is 10.2. The molecule has 0 aromatic carbocycles. The highest BCUT2D eigenvalue weighted by molar-refractivity contribution is 5.96. The zero-order valence-electron chi connectivity index (χ0n) is 12.2. The van der Waals surface area contributed by atoms with Crippen molar-refractivity contribution in [3.8, 4) is 0 Å². The van der Waals surface area contributed by atoms with Gasteiger partial charge in [-0.3, -0.25) is 9.59 Å². The number of nitrogens with one attached hydrogen (secondary N) is 1. The van der Waals surface area contributed by atoms with Crippen molar-refractivity contribution in [1.29, 1.82) is 0 Å². The number of likely N-dealkylation sites (tertiary alicyclic amines) is 1. The van der Waals surface area contributed by atoms with Crippen molar-refractivity contribution in [2.75, 3.05) is 19.6 Å². The van der Waals surface area contributed by atoms with Crippen LogP contribution < -0.4 is 5.32 Å². The molecule has 2 rings (SSSR count). The standard InChI is InChI=1S/C16H21N3O2/c1-2-10-17-15(20)13-8-7-9-14(18-13)16(21)19-11-5-3-4-6-12-19/h2,7-9H,1,3-6,10-12H2,(H,17,20). The topological polar surface area (TPSA) is 62.3 Å². The van der Waals surface area contributed by atoms with Gasteiger partial charge in [-0.2, -0.15) is 0 Å². The second kappa shape index (κ2) is 7.57. The third kappa shape index (κ3) is 4.15. The van der Waals surface area contributed by atoms with Crippen molar-refractivity contribution in [3.63, 3.8) is 0 Å². The molecular formula is C16H21N3O2. The highest BCUT2D eigenvalue weighted by Gasteiger charge is 2.19. The number of carbonyl (C=O) groups is 2. The van der Waals surface area contributed by atoms with E-state index in [1.54, 1.807) is 24.3 Å². The Morgan fingerprint density at radius 2 is 1.86 bits per heavy atom. The molecule has 1 fully saturated rings. The van der Waals surface area contributed by atoms with Gasteiger partial charge in [0.05, 0.1) is 0 Å². The van der Waals surface area contributed by atoms with Crippen LogP contribution in [-0.4, -0.2) is 41.3 Å². The molecule has 2 amide bonds. The first kappa shape index (κ1) is 15.2. The minimum absolute atomic E-state index is 0.0877. The molecule has 1 N–H and O–H groups in total. The van der Waals surface area contributed by atoms with E-state index in [1.807, 2.05) is 4.90 Å². The fraction of sp³-hybridized carbons (Fsp3) is 0.438. The Labute approximate surface area is 125 Å². The van der Waals surface area contributed by atoms with Gasteiger partial charge in [-0.05, 0) is 25.0 Å². The van der Waals surface area contributed by atoms with Gasteiger partial charge in [0.15, 0.2) is 0 Å². The average molecular weight is 287 g/mol. The Morgan fingerprint density at radius 3 is 2.52 bits per heavy atom. The second-order valence-corrected chi connectivity index (χ2v) is 5.11. The van der Waals surface area contributed by atoms with Crippen molar-refractivity contribution in [2.24, 2.45) is 0 Å². The highest BCUT2D eigenvalue weighted by Crippen LogP contribution is 2.12. The average Bonchev–Trinajstić information content (AvgIpc) is 2.81. The summed E-state index contributed by atoms with van der Waals surface area (Å²) in [6.07, 6.45) is 6.00. The van der Waals surface area contributed by atoms with Crippen LogP contribution in [0.15, 0.2) is 30.9 Å². The van der Waals surface area contributed by atoms with Gasteiger partial charge in [0, 0.05) is 19.6 Å². The van der Waals surface area contributed by atoms with Gasteiger partial charge < -0.3 is 10.2 Å². The second-order valence-electron chi connectivity index (χ2n) is 5.11. The monoisotopic (exact) mass is 287 g/mol. The summed E-state index contributed by atoms with van der Waals surface area (Å²) in [6, 6.07) is 4.97. The Morgan fingerprint density at radius 1 is 1.19 bits per heavy atom. The van der Waals surface area contributed by atoms with Crippen molar-refractivity contribution in [1.82, 2.24) is 15.2 Å². The molecule has 0 spiro atoms. The minimum atomic E-state index is -0.291. The van der Waals surface area contributed by atoms with Gasteiger partial charge >= 0.3 is 0 Å². The van der Waals surface area contributed by atoms with E-state index in [0.29, 0.717) is 12.2 Å². The largest absolute Gasteiger partial charge is 0.347 e. The van der Waals surface area contributed by atoms with Gasteiger partial charge in [0.2, 0.25) is 0 Å². The number of hydrogen-bond acceptors (Lipinski definition) is 3. The third-order valence-corrected chi connectivity index (χ3v) is 3.50. The van der Waals surface area contributed by atoms with Crippen LogP contribution in [0.2, 0.25) is 0 Å². The number of amides is 2. The molecule has 0 saturated carbocycles. The molecule has 0 unspecified atom stereocenters. The van der Waals surface area contributed by atoms with Crippen LogP contribution in [0.25, 0.3) is 0 Å². The molecule has 0 radical (unpaired) electrons. The van der Waals surface area contributed by atoms with E-state index in [2.05, 4.69) is 16.9 Å². The van der Waals surface area contributed by atoms with E-state index in [9.17, 15) is 9.59 Å². The lowest BCUT2D eigenvalue weighted by atomic mass is 10.2. The predicted octanol–water partition coefficient (Wildman–Crippen LogP) is 2.01. The van der Waals surface area contributed by atoms with E-state index < -0.39 is 0 Å². The Kier molecular flexibility index (Phi) is 5.49. The number of nitrogens with zero attached hydrogens (tertiary/aromatic N) is 2. The summed E-state index contributed by atoms with van der Waals surface area (Å²) in [7, 11) is 0. The van der Waals surface area contributed by atoms with E-state index in [1.165, 1.54) is 12.8 Å². The van der Waals surface area contributed by atoms with Gasteiger partial charge in [-0.25, -0.2) is 4.98 Å². The van der Waals surface area contributed by atoms with Gasteiger partial charge in [0.25, 0.3) is 11.8 Å². The molecule has 0 bridgehead atoms. The predicted molar refractivity (Wildman–Crippen MR) is 81.1 cm³/mol. The van der Waals surface area contributed by atoms with Crippen molar-refractivity contribution in [3.05, 3.63) is 42.2 Å². The first-order valence-electron chi connectivity index (χ1n) is 7.38. The molecule has 1 aliphatic rings. The van der Waals surface area contributed by atoms with Crippen LogP contribution in [0.5, 0.6) is 0 Å². The molecule has 1 aliphatic heterocycles. The fourth-order valence-electron chi connectivity index (χ4n) is 2.37. The van der Waals surface area contributed by atoms with Crippen LogP contribution >= 0.6 is 0 Å². The Bertz CT molecular complexity index is 520. The maximum absolute atomic E-state index is 12.5. The van der Waals surface area contributed by atoms with Gasteiger partial charge in [0.1, 0.15) is 11.4 Å². The van der Waals surface area contributed by atoms with E-state index >= 15 is 0 Å². The summed E-state index contributed by atoms with van der Waals surface area (Å²) < 4.78 is 0. The lowest BCUT2D eigenvalue weighted by molar-refractivity contribution is 0.0755. The molecule has 112 valence electrons. The van der Waals surface area contributed by atoms with Crippen LogP contribution in [0.3, 0.4) is 0 Å². The molecule has 1 aromatic heterocycles. The maximum Gasteiger partial charge on any atom is 0.272 e. The summed E-state index contributed by atoms with van der Waals surface area (Å²) in [5.41, 5.74) is 0.598. The van der Waals surface area contributed by atoms with Crippen LogP contribution in [0, 0.1) is 0 Å². The van der Waals surface area contributed by atoms with Crippen LogP contribution in [0.4, 0.5) is 0 Å². The number of rotatable bonds is 4. The summed E-state index contributed by atoms with van der Waals surface area (Å²) >= 11 is 0. The summed E-state index contributed by atoms with van der Waals surface area (Å²) in [5.74, 6) is -0.379. The number of carbonyl (C=O) groups excluding carboxylic acids is 2. The SMILES string of the molecule is C=CCNC(=O)c1cccc(C(=O)N2CCCCCC2)n1. The zero-order chi connectivity index (χ0) is 15.1. The summed E-state index contributed by atoms with van der Waals surface area (Å²) in [4.78, 5) is 30.3. The summed E-state index contributed by atoms with van der Waals surface area (Å²) in [5, 5.41) is 2.66. The van der Waals surface area contributed by atoms with Crippen LogP contribution in [-0.2, 0) is 0 Å². The van der Waals surface area contributed by atoms with Crippen LogP contribution in [0.1, 0.15) is 46.7 Å². The molecule has 0 atom stereocenters. The van der Waals surface area contributed by atoms with Crippen molar-refractivity contribution in [2.45, 2.75) is 25.7 Å². The third-order valence-electron chi connectivity index (χ3n) is 3.50. The molecular weight excluding hydrogens is 266 g/mol. The number of aromatic nitrogens is 1. The highest BCUT2D eigenvalue weighted by atomic mass is 16.2. The molecule has 0 aliphatic carbocycles. The lowest BCUT2D eigenvalue weighted by Crippen LogP contribution is -2.33. The molecule has 2 heterocycles. The number of hydrogen-bond donors (Lipinski definition) is 1. The minimum Gasteiger partial charge on any atom is -0.347 e. The Hall–Kier alpha value is -2.17. The van der Waals surface area contributed by atoms with E-state index in [4.69, 9.17) is 0 Å². The fourth-order valence-corrected chi connectivity index (χ4v) is 2.37. The molecule has 1 saturated heterocycles. The van der Waals surface area contributed by atoms with Crippen molar-refractivity contribution < 1.29 is 9.59 Å².